The predicted molar refractivity (Wildman–Crippen MR) is 72.8 cm³/mol. The van der Waals surface area contributed by atoms with Crippen LogP contribution in [0.2, 0.25) is 0 Å². The van der Waals surface area contributed by atoms with E-state index in [-0.39, 0.29) is 23.6 Å². The number of nitrogen functional groups attached to an aromatic ring is 1. The zero-order valence-corrected chi connectivity index (χ0v) is 11.7. The Bertz CT molecular complexity index is 615. The molecule has 0 aliphatic rings. The fourth-order valence-corrected chi connectivity index (χ4v) is 1.46. The number of hydrogen-bond donors (Lipinski definition) is 2. The molecule has 20 heavy (non-hydrogen) atoms. The summed E-state index contributed by atoms with van der Waals surface area (Å²) >= 11 is 0. The average molecular weight is 275 g/mol. The SMILES string of the molecule is CC(C)(C)c1noc(CNC(=O)c2cccc(N)n2)n1. The Morgan fingerprint density at radius 1 is 1.35 bits per heavy atom. The standard InChI is InChI=1S/C13H17N5O2/c1-13(2,3)12-17-10(20-18-12)7-15-11(19)8-5-4-6-9(14)16-8/h4-6H,7H2,1-3H3,(H2,14,16)(H,15,19). The van der Waals surface area contributed by atoms with Crippen molar-refractivity contribution >= 4 is 11.7 Å². The number of carbonyl (C=O) groups excluding carboxylic acids is 1. The van der Waals surface area contributed by atoms with Crippen LogP contribution < -0.4 is 11.1 Å². The van der Waals surface area contributed by atoms with Crippen LogP contribution in [-0.4, -0.2) is 21.0 Å². The van der Waals surface area contributed by atoms with Gasteiger partial charge in [0.2, 0.25) is 5.89 Å². The molecule has 1 amide bonds. The highest BCUT2D eigenvalue weighted by atomic mass is 16.5. The van der Waals surface area contributed by atoms with Crippen molar-refractivity contribution < 1.29 is 9.32 Å². The van der Waals surface area contributed by atoms with E-state index in [1.807, 2.05) is 20.8 Å². The fraction of sp³-hybridized carbons (Fsp3) is 0.385. The molecule has 3 N–H and O–H groups in total. The molecule has 2 aromatic heterocycles. The van der Waals surface area contributed by atoms with Gasteiger partial charge >= 0.3 is 0 Å². The van der Waals surface area contributed by atoms with Crippen molar-refractivity contribution in [1.82, 2.24) is 20.4 Å². The third-order valence-corrected chi connectivity index (χ3v) is 2.54. The van der Waals surface area contributed by atoms with Gasteiger partial charge in [-0.05, 0) is 12.1 Å². The molecule has 2 rings (SSSR count). The molecule has 106 valence electrons. The summed E-state index contributed by atoms with van der Waals surface area (Å²) in [5.74, 6) is 0.911. The van der Waals surface area contributed by atoms with Crippen LogP contribution in [0.4, 0.5) is 5.82 Å². The van der Waals surface area contributed by atoms with Crippen LogP contribution in [0.25, 0.3) is 0 Å². The fourth-order valence-electron chi connectivity index (χ4n) is 1.46. The summed E-state index contributed by atoms with van der Waals surface area (Å²) in [6.07, 6.45) is 0. The molecular weight excluding hydrogens is 258 g/mol. The van der Waals surface area contributed by atoms with E-state index in [0.717, 1.165) is 0 Å². The Balaban J connectivity index is 1.99. The van der Waals surface area contributed by atoms with Gasteiger partial charge in [0.15, 0.2) is 5.82 Å². The van der Waals surface area contributed by atoms with Crippen molar-refractivity contribution in [1.29, 1.82) is 0 Å². The molecule has 0 atom stereocenters. The molecule has 0 bridgehead atoms. The molecule has 0 spiro atoms. The van der Waals surface area contributed by atoms with Gasteiger partial charge in [-0.1, -0.05) is 32.0 Å². The first kappa shape index (κ1) is 14.0. The number of anilines is 1. The molecule has 0 unspecified atom stereocenters. The van der Waals surface area contributed by atoms with E-state index < -0.39 is 0 Å². The zero-order valence-electron chi connectivity index (χ0n) is 11.7. The summed E-state index contributed by atoms with van der Waals surface area (Å²) in [6.45, 7) is 6.10. The number of aromatic nitrogens is 3. The monoisotopic (exact) mass is 275 g/mol. The average Bonchev–Trinajstić information content (AvgIpc) is 2.84. The third-order valence-electron chi connectivity index (χ3n) is 2.54. The lowest BCUT2D eigenvalue weighted by atomic mass is 9.96. The maximum absolute atomic E-state index is 11.9. The molecular formula is C13H17N5O2. The van der Waals surface area contributed by atoms with E-state index in [1.54, 1.807) is 18.2 Å². The Kier molecular flexibility index (Phi) is 3.69. The van der Waals surface area contributed by atoms with Gasteiger partial charge in [-0.2, -0.15) is 4.98 Å². The topological polar surface area (TPSA) is 107 Å². The number of rotatable bonds is 3. The molecule has 7 heteroatoms. The second-order valence-corrected chi connectivity index (χ2v) is 5.39. The van der Waals surface area contributed by atoms with E-state index in [2.05, 4.69) is 20.4 Å². The van der Waals surface area contributed by atoms with Crippen LogP contribution in [0.1, 0.15) is 43.0 Å². The smallest absolute Gasteiger partial charge is 0.270 e. The molecule has 0 saturated heterocycles. The van der Waals surface area contributed by atoms with Crippen LogP contribution in [0.3, 0.4) is 0 Å². The molecule has 0 fully saturated rings. The Labute approximate surface area is 116 Å². The van der Waals surface area contributed by atoms with Crippen molar-refractivity contribution in [3.63, 3.8) is 0 Å². The highest BCUT2D eigenvalue weighted by molar-refractivity contribution is 5.92. The molecule has 0 aliphatic heterocycles. The summed E-state index contributed by atoms with van der Waals surface area (Å²) < 4.78 is 5.08. The van der Waals surface area contributed by atoms with Gasteiger partial charge in [-0.3, -0.25) is 4.79 Å². The van der Waals surface area contributed by atoms with Gasteiger partial charge in [-0.15, -0.1) is 0 Å². The Morgan fingerprint density at radius 2 is 2.10 bits per heavy atom. The van der Waals surface area contributed by atoms with Crippen LogP contribution in [0.5, 0.6) is 0 Å². The molecule has 2 heterocycles. The summed E-state index contributed by atoms with van der Waals surface area (Å²) in [5.41, 5.74) is 5.58. The lowest BCUT2D eigenvalue weighted by Gasteiger charge is -2.10. The molecule has 0 saturated carbocycles. The molecule has 0 radical (unpaired) electrons. The van der Waals surface area contributed by atoms with Crippen molar-refractivity contribution in [3.05, 3.63) is 35.6 Å². The number of nitrogens with two attached hydrogens (primary N) is 1. The minimum absolute atomic E-state index is 0.151. The summed E-state index contributed by atoms with van der Waals surface area (Å²) in [5, 5.41) is 6.53. The van der Waals surface area contributed by atoms with Crippen LogP contribution in [0, 0.1) is 0 Å². The Hall–Kier alpha value is -2.44. The number of amides is 1. The van der Waals surface area contributed by atoms with Gasteiger partial charge in [0.25, 0.3) is 5.91 Å². The zero-order chi connectivity index (χ0) is 14.8. The minimum Gasteiger partial charge on any atom is -0.384 e. The van der Waals surface area contributed by atoms with Gasteiger partial charge in [0.1, 0.15) is 11.5 Å². The van der Waals surface area contributed by atoms with Crippen LogP contribution >= 0.6 is 0 Å². The quantitative estimate of drug-likeness (QED) is 0.873. The summed E-state index contributed by atoms with van der Waals surface area (Å²) in [6, 6.07) is 4.87. The van der Waals surface area contributed by atoms with Crippen LogP contribution in [0.15, 0.2) is 22.7 Å². The van der Waals surface area contributed by atoms with E-state index in [1.165, 1.54) is 0 Å². The van der Waals surface area contributed by atoms with Crippen molar-refractivity contribution in [2.45, 2.75) is 32.7 Å². The van der Waals surface area contributed by atoms with Gasteiger partial charge in [0, 0.05) is 5.41 Å². The number of carbonyl (C=O) groups is 1. The maximum Gasteiger partial charge on any atom is 0.270 e. The summed E-state index contributed by atoms with van der Waals surface area (Å²) in [4.78, 5) is 20.0. The largest absolute Gasteiger partial charge is 0.384 e. The number of nitrogens with zero attached hydrogens (tertiary/aromatic N) is 3. The van der Waals surface area contributed by atoms with E-state index in [4.69, 9.17) is 10.3 Å². The van der Waals surface area contributed by atoms with Gasteiger partial charge in [-0.25, -0.2) is 4.98 Å². The maximum atomic E-state index is 11.9. The summed E-state index contributed by atoms with van der Waals surface area (Å²) in [7, 11) is 0. The highest BCUT2D eigenvalue weighted by Gasteiger charge is 2.21. The lowest BCUT2D eigenvalue weighted by Crippen LogP contribution is -2.24. The van der Waals surface area contributed by atoms with E-state index >= 15 is 0 Å². The van der Waals surface area contributed by atoms with Gasteiger partial charge in [0.05, 0.1) is 6.54 Å². The first-order chi connectivity index (χ1) is 9.36. The number of hydrogen-bond acceptors (Lipinski definition) is 6. The van der Waals surface area contributed by atoms with E-state index in [0.29, 0.717) is 17.5 Å². The first-order valence-electron chi connectivity index (χ1n) is 6.20. The van der Waals surface area contributed by atoms with E-state index in [9.17, 15) is 4.79 Å². The number of pyridine rings is 1. The lowest BCUT2D eigenvalue weighted by molar-refractivity contribution is 0.0941. The second kappa shape index (κ2) is 5.28. The van der Waals surface area contributed by atoms with Crippen molar-refractivity contribution in [3.8, 4) is 0 Å². The van der Waals surface area contributed by atoms with Crippen molar-refractivity contribution in [2.75, 3.05) is 5.73 Å². The van der Waals surface area contributed by atoms with Gasteiger partial charge < -0.3 is 15.6 Å². The molecule has 0 aliphatic carbocycles. The normalized spacial score (nSPS) is 11.3. The first-order valence-corrected chi connectivity index (χ1v) is 6.20. The molecule has 2 aromatic rings. The molecule has 7 nitrogen and oxygen atoms in total. The Morgan fingerprint density at radius 3 is 2.70 bits per heavy atom. The number of nitrogens with one attached hydrogen (secondary N) is 1. The van der Waals surface area contributed by atoms with Crippen molar-refractivity contribution in [2.24, 2.45) is 0 Å². The molecule has 0 aromatic carbocycles. The minimum atomic E-state index is -0.340. The predicted octanol–water partition coefficient (Wildman–Crippen LogP) is 1.27. The second-order valence-electron chi connectivity index (χ2n) is 5.39. The third kappa shape index (κ3) is 3.31. The van der Waals surface area contributed by atoms with Crippen LogP contribution in [-0.2, 0) is 12.0 Å². The highest BCUT2D eigenvalue weighted by Crippen LogP contribution is 2.18.